The van der Waals surface area contributed by atoms with Crippen molar-refractivity contribution in [1.82, 2.24) is 4.90 Å². The van der Waals surface area contributed by atoms with Crippen LogP contribution in [0.15, 0.2) is 22.8 Å². The average molecular weight is 252 g/mol. The molecule has 1 aliphatic heterocycles. The molecule has 3 unspecified atom stereocenters. The van der Waals surface area contributed by atoms with Gasteiger partial charge in [0.1, 0.15) is 5.76 Å². The Morgan fingerprint density at radius 1 is 1.61 bits per heavy atom. The molecule has 0 spiro atoms. The number of nitrogens with zero attached hydrogens (tertiary/aromatic N) is 1. The number of rotatable bonds is 4. The Bertz CT molecular complexity index is 362. The van der Waals surface area contributed by atoms with Gasteiger partial charge in [-0.2, -0.15) is 0 Å². The molecule has 2 heterocycles. The van der Waals surface area contributed by atoms with Gasteiger partial charge < -0.3 is 15.3 Å². The fourth-order valence-corrected chi connectivity index (χ4v) is 2.84. The highest BCUT2D eigenvalue weighted by Gasteiger charge is 2.35. The van der Waals surface area contributed by atoms with Crippen molar-refractivity contribution in [2.75, 3.05) is 13.1 Å². The lowest BCUT2D eigenvalue weighted by atomic mass is 9.91. The third kappa shape index (κ3) is 2.94. The van der Waals surface area contributed by atoms with Crippen molar-refractivity contribution in [3.05, 3.63) is 24.2 Å². The van der Waals surface area contributed by atoms with E-state index in [0.717, 1.165) is 31.6 Å². The molecule has 18 heavy (non-hydrogen) atoms. The Morgan fingerprint density at radius 3 is 2.94 bits per heavy atom. The van der Waals surface area contributed by atoms with Crippen LogP contribution < -0.4 is 5.73 Å². The third-order valence-corrected chi connectivity index (χ3v) is 3.81. The normalized spacial score (nSPS) is 29.1. The van der Waals surface area contributed by atoms with Gasteiger partial charge in [0.25, 0.3) is 0 Å². The van der Waals surface area contributed by atoms with Crippen molar-refractivity contribution >= 4 is 0 Å². The van der Waals surface area contributed by atoms with Crippen molar-refractivity contribution in [3.8, 4) is 0 Å². The first kappa shape index (κ1) is 13.6. The van der Waals surface area contributed by atoms with Gasteiger partial charge in [0.15, 0.2) is 0 Å². The van der Waals surface area contributed by atoms with Crippen molar-refractivity contribution in [3.63, 3.8) is 0 Å². The summed E-state index contributed by atoms with van der Waals surface area (Å²) in [6, 6.07) is 3.97. The minimum absolute atomic E-state index is 0.0325. The number of nitrogens with two attached hydrogens (primary N) is 1. The summed E-state index contributed by atoms with van der Waals surface area (Å²) in [5, 5.41) is 10.2. The van der Waals surface area contributed by atoms with Gasteiger partial charge in [0.05, 0.1) is 17.9 Å². The van der Waals surface area contributed by atoms with Gasteiger partial charge in [0, 0.05) is 12.6 Å². The first-order valence-corrected chi connectivity index (χ1v) is 6.79. The predicted molar refractivity (Wildman–Crippen MR) is 71.1 cm³/mol. The molecule has 1 aliphatic rings. The molecular weight excluding hydrogens is 228 g/mol. The van der Waals surface area contributed by atoms with E-state index in [4.69, 9.17) is 10.2 Å². The highest BCUT2D eigenvalue weighted by atomic mass is 16.3. The van der Waals surface area contributed by atoms with Crippen LogP contribution in [-0.4, -0.2) is 34.7 Å². The Balaban J connectivity index is 2.19. The second-order valence-electron chi connectivity index (χ2n) is 5.60. The zero-order chi connectivity index (χ0) is 13.2. The Labute approximate surface area is 109 Å². The van der Waals surface area contributed by atoms with Crippen LogP contribution in [0.3, 0.4) is 0 Å². The van der Waals surface area contributed by atoms with Gasteiger partial charge in [0.2, 0.25) is 0 Å². The summed E-state index contributed by atoms with van der Waals surface area (Å²) < 4.78 is 5.54. The molecule has 0 radical (unpaired) electrons. The molecule has 1 fully saturated rings. The third-order valence-electron chi connectivity index (χ3n) is 3.81. The van der Waals surface area contributed by atoms with Crippen LogP contribution >= 0.6 is 0 Å². The van der Waals surface area contributed by atoms with Gasteiger partial charge in [-0.25, -0.2) is 0 Å². The summed E-state index contributed by atoms with van der Waals surface area (Å²) in [6.45, 7) is 5.61. The van der Waals surface area contributed by atoms with E-state index in [1.165, 1.54) is 0 Å². The molecule has 3 atom stereocenters. The second-order valence-corrected chi connectivity index (χ2v) is 5.60. The fraction of sp³-hybridized carbons (Fsp3) is 0.714. The zero-order valence-corrected chi connectivity index (χ0v) is 11.3. The van der Waals surface area contributed by atoms with E-state index >= 15 is 0 Å². The Morgan fingerprint density at radius 2 is 2.39 bits per heavy atom. The summed E-state index contributed by atoms with van der Waals surface area (Å²) in [6.07, 6.45) is 4.44. The van der Waals surface area contributed by atoms with Crippen LogP contribution in [0.4, 0.5) is 0 Å². The highest BCUT2D eigenvalue weighted by molar-refractivity contribution is 5.09. The maximum absolute atomic E-state index is 10.2. The monoisotopic (exact) mass is 252 g/mol. The van der Waals surface area contributed by atoms with Crippen LogP contribution in [0.25, 0.3) is 0 Å². The Hall–Kier alpha value is -0.840. The van der Waals surface area contributed by atoms with E-state index in [-0.39, 0.29) is 12.1 Å². The summed E-state index contributed by atoms with van der Waals surface area (Å²) in [4.78, 5) is 2.26. The standard InChI is InChI=1S/C14H24N2O2/c1-3-11(15)13(12-6-4-9-18-12)16-8-5-7-14(2,17)10-16/h4,6,9,11,13,17H,3,5,7-8,10,15H2,1-2H3. The van der Waals surface area contributed by atoms with E-state index in [9.17, 15) is 5.11 Å². The molecule has 4 nitrogen and oxygen atoms in total. The molecule has 2 rings (SSSR count). The smallest absolute Gasteiger partial charge is 0.122 e. The van der Waals surface area contributed by atoms with Gasteiger partial charge in [-0.3, -0.25) is 4.90 Å². The summed E-state index contributed by atoms with van der Waals surface area (Å²) in [7, 11) is 0. The second kappa shape index (κ2) is 5.43. The first-order valence-electron chi connectivity index (χ1n) is 6.79. The van der Waals surface area contributed by atoms with Crippen LogP contribution in [0, 0.1) is 0 Å². The lowest BCUT2D eigenvalue weighted by Crippen LogP contribution is -2.51. The summed E-state index contributed by atoms with van der Waals surface area (Å²) >= 11 is 0. The van der Waals surface area contributed by atoms with E-state index in [0.29, 0.717) is 6.54 Å². The van der Waals surface area contributed by atoms with Gasteiger partial charge in [-0.05, 0) is 44.9 Å². The maximum atomic E-state index is 10.2. The van der Waals surface area contributed by atoms with Crippen molar-refractivity contribution in [1.29, 1.82) is 0 Å². The topological polar surface area (TPSA) is 62.6 Å². The Kier molecular flexibility index (Phi) is 4.10. The van der Waals surface area contributed by atoms with Gasteiger partial charge in [-0.15, -0.1) is 0 Å². The van der Waals surface area contributed by atoms with E-state index < -0.39 is 5.60 Å². The fourth-order valence-electron chi connectivity index (χ4n) is 2.84. The van der Waals surface area contributed by atoms with Gasteiger partial charge in [-0.1, -0.05) is 6.92 Å². The van der Waals surface area contributed by atoms with Crippen LogP contribution in [0.2, 0.25) is 0 Å². The van der Waals surface area contributed by atoms with E-state index in [1.54, 1.807) is 6.26 Å². The molecule has 0 aromatic carbocycles. The molecule has 4 heteroatoms. The average Bonchev–Trinajstić information content (AvgIpc) is 2.81. The molecule has 0 bridgehead atoms. The summed E-state index contributed by atoms with van der Waals surface area (Å²) in [5.74, 6) is 0.905. The molecule has 0 aliphatic carbocycles. The largest absolute Gasteiger partial charge is 0.468 e. The molecular formula is C14H24N2O2. The number of piperidine rings is 1. The quantitative estimate of drug-likeness (QED) is 0.859. The van der Waals surface area contributed by atoms with Gasteiger partial charge >= 0.3 is 0 Å². The van der Waals surface area contributed by atoms with Crippen molar-refractivity contribution < 1.29 is 9.52 Å². The molecule has 1 aromatic heterocycles. The van der Waals surface area contributed by atoms with E-state index in [2.05, 4.69) is 11.8 Å². The van der Waals surface area contributed by atoms with Crippen molar-refractivity contribution in [2.24, 2.45) is 5.73 Å². The van der Waals surface area contributed by atoms with Crippen molar-refractivity contribution in [2.45, 2.75) is 50.8 Å². The minimum atomic E-state index is -0.615. The highest BCUT2D eigenvalue weighted by Crippen LogP contribution is 2.31. The summed E-state index contributed by atoms with van der Waals surface area (Å²) in [5.41, 5.74) is 5.63. The molecule has 1 saturated heterocycles. The molecule has 1 aromatic rings. The molecule has 0 saturated carbocycles. The maximum Gasteiger partial charge on any atom is 0.122 e. The number of hydrogen-bond acceptors (Lipinski definition) is 4. The molecule has 102 valence electrons. The molecule has 3 N–H and O–H groups in total. The number of aliphatic hydroxyl groups is 1. The minimum Gasteiger partial charge on any atom is -0.468 e. The number of hydrogen-bond donors (Lipinski definition) is 2. The zero-order valence-electron chi connectivity index (χ0n) is 11.3. The SMILES string of the molecule is CCC(N)C(c1ccco1)N1CCCC(C)(O)C1. The first-order chi connectivity index (χ1) is 8.53. The van der Waals surface area contributed by atoms with Crippen LogP contribution in [-0.2, 0) is 0 Å². The lowest BCUT2D eigenvalue weighted by molar-refractivity contribution is -0.0374. The predicted octanol–water partition coefficient (Wildman–Crippen LogP) is 1.90. The van der Waals surface area contributed by atoms with Crippen LogP contribution in [0.1, 0.15) is 44.9 Å². The van der Waals surface area contributed by atoms with E-state index in [1.807, 2.05) is 19.1 Å². The lowest BCUT2D eigenvalue weighted by Gasteiger charge is -2.42. The molecule has 0 amide bonds. The number of likely N-dealkylation sites (tertiary alicyclic amines) is 1. The van der Waals surface area contributed by atoms with Crippen LogP contribution in [0.5, 0.6) is 0 Å². The number of β-amino-alcohol motifs (C(OH)–C–C–N with tert-alkyl or cyclic N) is 1. The number of furan rings is 1.